The molecule has 0 spiro atoms. The maximum absolute atomic E-state index is 12.0. The van der Waals surface area contributed by atoms with Crippen LogP contribution >= 0.6 is 0 Å². The van der Waals surface area contributed by atoms with Crippen molar-refractivity contribution >= 4 is 16.8 Å². The minimum absolute atomic E-state index is 0.0575. The largest absolute Gasteiger partial charge is 0.504 e. The van der Waals surface area contributed by atoms with Crippen LogP contribution < -0.4 is 11.1 Å². The summed E-state index contributed by atoms with van der Waals surface area (Å²) in [6.07, 6.45) is 2.23. The Hall–Kier alpha value is -2.21. The Bertz CT molecular complexity index is 655. The van der Waals surface area contributed by atoms with E-state index >= 15 is 0 Å². The van der Waals surface area contributed by atoms with Crippen LogP contribution in [0.1, 0.15) is 35.6 Å². The summed E-state index contributed by atoms with van der Waals surface area (Å²) in [5.74, 6) is -0.163. The molecule has 0 saturated carbocycles. The lowest BCUT2D eigenvalue weighted by Crippen LogP contribution is -2.25. The number of amides is 1. The molecule has 0 unspecified atom stereocenters. The van der Waals surface area contributed by atoms with Crippen molar-refractivity contribution in [2.24, 2.45) is 5.73 Å². The lowest BCUT2D eigenvalue weighted by molar-refractivity contribution is 0.0954. The van der Waals surface area contributed by atoms with Gasteiger partial charge in [0.2, 0.25) is 0 Å². The number of aromatic hydroxyl groups is 1. The van der Waals surface area contributed by atoms with Crippen LogP contribution in [0.3, 0.4) is 0 Å². The number of nitrogens with two attached hydrogens (primary N) is 1. The number of hydrogen-bond donors (Lipinski definition) is 3. The van der Waals surface area contributed by atoms with Crippen LogP contribution in [-0.2, 0) is 13.0 Å². The van der Waals surface area contributed by atoms with Crippen molar-refractivity contribution in [2.45, 2.75) is 26.8 Å². The van der Waals surface area contributed by atoms with E-state index in [1.54, 1.807) is 12.3 Å². The molecule has 2 rings (SSSR count). The first-order valence-electron chi connectivity index (χ1n) is 6.61. The highest BCUT2D eigenvalue weighted by atomic mass is 16.3. The van der Waals surface area contributed by atoms with Gasteiger partial charge in [-0.05, 0) is 19.4 Å². The average Bonchev–Trinajstić information content (AvgIpc) is 2.47. The van der Waals surface area contributed by atoms with Crippen LogP contribution in [-0.4, -0.2) is 27.5 Å². The third-order valence-corrected chi connectivity index (χ3v) is 3.10. The molecule has 0 atom stereocenters. The van der Waals surface area contributed by atoms with Gasteiger partial charge in [-0.1, -0.05) is 6.92 Å². The first-order chi connectivity index (χ1) is 9.62. The Balaban J connectivity index is 2.65. The number of hydrogen-bond acceptors (Lipinski definition) is 5. The molecule has 2 aromatic heterocycles. The second-order valence-corrected chi connectivity index (χ2v) is 4.39. The van der Waals surface area contributed by atoms with Crippen LogP contribution in [0.25, 0.3) is 10.9 Å². The molecule has 1 amide bonds. The molecule has 0 radical (unpaired) electrons. The summed E-state index contributed by atoms with van der Waals surface area (Å²) in [5.41, 5.74) is 7.56. The van der Waals surface area contributed by atoms with Gasteiger partial charge in [-0.3, -0.25) is 9.78 Å². The molecule has 0 aromatic carbocycles. The van der Waals surface area contributed by atoms with Crippen LogP contribution in [0.15, 0.2) is 12.3 Å². The highest BCUT2D eigenvalue weighted by Gasteiger charge is 2.16. The van der Waals surface area contributed by atoms with Gasteiger partial charge in [0.25, 0.3) is 5.91 Å². The van der Waals surface area contributed by atoms with Crippen molar-refractivity contribution in [1.82, 2.24) is 15.3 Å². The predicted octanol–water partition coefficient (Wildman–Crippen LogP) is 1.11. The quantitative estimate of drug-likeness (QED) is 0.775. The van der Waals surface area contributed by atoms with Crippen LogP contribution in [0.4, 0.5) is 0 Å². The molecule has 0 aliphatic heterocycles. The lowest BCUT2D eigenvalue weighted by atomic mass is 10.1. The van der Waals surface area contributed by atoms with E-state index in [4.69, 9.17) is 5.73 Å². The van der Waals surface area contributed by atoms with E-state index in [-0.39, 0.29) is 18.2 Å². The van der Waals surface area contributed by atoms with Gasteiger partial charge in [0.15, 0.2) is 5.75 Å². The molecule has 106 valence electrons. The standard InChI is InChI=1S/C14H18N4O2/c1-3-10-13(19)12-8(7-17-10)5-9(11(6-15)18-12)14(20)16-4-2/h5,7,19H,3-4,6,15H2,1-2H3,(H,16,20). The molecule has 0 bridgehead atoms. The zero-order valence-corrected chi connectivity index (χ0v) is 11.6. The SMILES string of the molecule is CCNC(=O)c1cc2cnc(CC)c(O)c2nc1CN. The summed E-state index contributed by atoms with van der Waals surface area (Å²) in [6.45, 7) is 4.40. The summed E-state index contributed by atoms with van der Waals surface area (Å²) in [6, 6.07) is 1.67. The smallest absolute Gasteiger partial charge is 0.253 e. The molecule has 6 heteroatoms. The number of rotatable bonds is 4. The van der Waals surface area contributed by atoms with Gasteiger partial charge in [0.05, 0.1) is 17.0 Å². The molecule has 20 heavy (non-hydrogen) atoms. The van der Waals surface area contributed by atoms with E-state index in [9.17, 15) is 9.90 Å². The second-order valence-electron chi connectivity index (χ2n) is 4.39. The highest BCUT2D eigenvalue weighted by molar-refractivity contribution is 5.99. The first kappa shape index (κ1) is 14.2. The number of fused-ring (bicyclic) bond motifs is 1. The maximum Gasteiger partial charge on any atom is 0.253 e. The molecule has 2 heterocycles. The van der Waals surface area contributed by atoms with E-state index in [0.717, 1.165) is 0 Å². The number of pyridine rings is 2. The summed E-state index contributed by atoms with van der Waals surface area (Å²) in [4.78, 5) is 20.5. The second kappa shape index (κ2) is 5.83. The molecule has 0 fully saturated rings. The van der Waals surface area contributed by atoms with Gasteiger partial charge < -0.3 is 16.2 Å². The highest BCUT2D eigenvalue weighted by Crippen LogP contribution is 2.27. The van der Waals surface area contributed by atoms with Gasteiger partial charge in [0, 0.05) is 24.7 Å². The number of nitrogens with zero attached hydrogens (tertiary/aromatic N) is 2. The molecule has 0 aliphatic carbocycles. The van der Waals surface area contributed by atoms with Gasteiger partial charge in [0.1, 0.15) is 5.52 Å². The fourth-order valence-electron chi connectivity index (χ4n) is 2.07. The monoisotopic (exact) mass is 274 g/mol. The Morgan fingerprint density at radius 2 is 2.15 bits per heavy atom. The first-order valence-corrected chi connectivity index (χ1v) is 6.61. The summed E-state index contributed by atoms with van der Waals surface area (Å²) < 4.78 is 0. The van der Waals surface area contributed by atoms with Crippen molar-refractivity contribution < 1.29 is 9.90 Å². The zero-order chi connectivity index (χ0) is 14.7. The molecule has 0 saturated heterocycles. The fourth-order valence-corrected chi connectivity index (χ4v) is 2.07. The van der Waals surface area contributed by atoms with Crippen molar-refractivity contribution in [3.05, 3.63) is 29.2 Å². The molecule has 0 aliphatic rings. The van der Waals surface area contributed by atoms with E-state index in [2.05, 4.69) is 15.3 Å². The van der Waals surface area contributed by atoms with E-state index in [1.807, 2.05) is 13.8 Å². The topological polar surface area (TPSA) is 101 Å². The maximum atomic E-state index is 12.0. The molecule has 2 aromatic rings. The minimum atomic E-state index is -0.221. The van der Waals surface area contributed by atoms with Crippen molar-refractivity contribution in [2.75, 3.05) is 6.54 Å². The molecule has 4 N–H and O–H groups in total. The van der Waals surface area contributed by atoms with Crippen LogP contribution in [0.5, 0.6) is 5.75 Å². The Morgan fingerprint density at radius 3 is 2.75 bits per heavy atom. The fraction of sp³-hybridized carbons (Fsp3) is 0.357. The lowest BCUT2D eigenvalue weighted by Gasteiger charge is -2.11. The Kier molecular flexibility index (Phi) is 4.14. The van der Waals surface area contributed by atoms with E-state index < -0.39 is 0 Å². The number of nitrogens with one attached hydrogen (secondary N) is 1. The number of aryl methyl sites for hydroxylation is 1. The van der Waals surface area contributed by atoms with Gasteiger partial charge in [-0.2, -0.15) is 0 Å². The third-order valence-electron chi connectivity index (χ3n) is 3.10. The van der Waals surface area contributed by atoms with Crippen molar-refractivity contribution in [3.63, 3.8) is 0 Å². The summed E-state index contributed by atoms with van der Waals surface area (Å²) >= 11 is 0. The van der Waals surface area contributed by atoms with Gasteiger partial charge in [-0.15, -0.1) is 0 Å². The molecule has 6 nitrogen and oxygen atoms in total. The van der Waals surface area contributed by atoms with E-state index in [1.165, 1.54) is 0 Å². The Morgan fingerprint density at radius 1 is 1.40 bits per heavy atom. The van der Waals surface area contributed by atoms with Gasteiger partial charge in [-0.25, -0.2) is 4.98 Å². The van der Waals surface area contributed by atoms with Crippen LogP contribution in [0, 0.1) is 0 Å². The average molecular weight is 274 g/mol. The number of carbonyl (C=O) groups excluding carboxylic acids is 1. The van der Waals surface area contributed by atoms with E-state index in [0.29, 0.717) is 40.8 Å². The summed E-state index contributed by atoms with van der Waals surface area (Å²) in [5, 5.41) is 13.5. The van der Waals surface area contributed by atoms with Crippen molar-refractivity contribution in [3.8, 4) is 5.75 Å². The number of aromatic nitrogens is 2. The summed E-state index contributed by atoms with van der Waals surface area (Å²) in [7, 11) is 0. The zero-order valence-electron chi connectivity index (χ0n) is 11.6. The van der Waals surface area contributed by atoms with Crippen LogP contribution in [0.2, 0.25) is 0 Å². The number of carbonyl (C=O) groups is 1. The minimum Gasteiger partial charge on any atom is -0.504 e. The molecular formula is C14H18N4O2. The predicted molar refractivity (Wildman–Crippen MR) is 76.5 cm³/mol. The van der Waals surface area contributed by atoms with Crippen molar-refractivity contribution in [1.29, 1.82) is 0 Å². The third kappa shape index (κ3) is 2.42. The van der Waals surface area contributed by atoms with Gasteiger partial charge >= 0.3 is 0 Å². The Labute approximate surface area is 117 Å². The molecular weight excluding hydrogens is 256 g/mol. The normalized spacial score (nSPS) is 10.8.